The lowest BCUT2D eigenvalue weighted by Crippen LogP contribution is -1.78. The normalized spacial score (nSPS) is 17.7. The van der Waals surface area contributed by atoms with Crippen LogP contribution in [0.3, 0.4) is 0 Å². The van der Waals surface area contributed by atoms with E-state index in [1.54, 1.807) is 0 Å². The van der Waals surface area contributed by atoms with Gasteiger partial charge in [0.05, 0.1) is 6.61 Å². The summed E-state index contributed by atoms with van der Waals surface area (Å²) in [5.41, 5.74) is 0.641. The van der Waals surface area contributed by atoms with E-state index >= 15 is 0 Å². The van der Waals surface area contributed by atoms with E-state index in [9.17, 15) is 0 Å². The maximum Gasteiger partial charge on any atom is 0.140 e. The zero-order chi connectivity index (χ0) is 6.97. The molecule has 0 unspecified atom stereocenters. The lowest BCUT2D eigenvalue weighted by atomic mass is 10.3. The second kappa shape index (κ2) is 2.09. The van der Waals surface area contributed by atoms with Gasteiger partial charge in [-0.2, -0.15) is 0 Å². The molecule has 0 atom stereocenters. The van der Waals surface area contributed by atoms with Crippen LogP contribution in [0, 0.1) is 0 Å². The van der Waals surface area contributed by atoms with Crippen molar-refractivity contribution in [2.75, 3.05) is 0 Å². The Morgan fingerprint density at radius 2 is 2.50 bits per heavy atom. The van der Waals surface area contributed by atoms with E-state index in [0.717, 1.165) is 5.76 Å². The Labute approximate surface area is 58.6 Å². The predicted molar refractivity (Wildman–Crippen MR) is 34.4 cm³/mol. The minimum absolute atomic E-state index is 0.0176. The van der Waals surface area contributed by atoms with Crippen LogP contribution in [0.4, 0.5) is 0 Å². The van der Waals surface area contributed by atoms with Crippen LogP contribution in [0.2, 0.25) is 0 Å². The average molecular weight is 139 g/mol. The first-order valence-electron chi connectivity index (χ1n) is 3.46. The van der Waals surface area contributed by atoms with Gasteiger partial charge < -0.3 is 9.63 Å². The average Bonchev–Trinajstić information content (AvgIpc) is 2.70. The Balaban J connectivity index is 2.19. The van der Waals surface area contributed by atoms with Gasteiger partial charge in [0.25, 0.3) is 0 Å². The second-order valence-corrected chi connectivity index (χ2v) is 2.65. The highest BCUT2D eigenvalue weighted by Gasteiger charge is 2.27. The molecule has 0 spiro atoms. The Morgan fingerprint density at radius 3 is 3.00 bits per heavy atom. The quantitative estimate of drug-likeness (QED) is 0.666. The molecule has 10 heavy (non-hydrogen) atoms. The van der Waals surface area contributed by atoms with Crippen molar-refractivity contribution in [2.45, 2.75) is 25.4 Å². The summed E-state index contributed by atoms with van der Waals surface area (Å²) in [6.07, 6.45) is 2.42. The molecular weight excluding hydrogens is 130 g/mol. The van der Waals surface area contributed by atoms with Gasteiger partial charge in [0, 0.05) is 12.0 Å². The highest BCUT2D eigenvalue weighted by atomic mass is 16.5. The van der Waals surface area contributed by atoms with Gasteiger partial charge >= 0.3 is 0 Å². The molecule has 0 aliphatic heterocycles. The molecule has 3 heteroatoms. The van der Waals surface area contributed by atoms with Gasteiger partial charge in [-0.05, 0) is 12.8 Å². The molecule has 1 aromatic rings. The molecule has 1 saturated carbocycles. The minimum atomic E-state index is -0.0176. The van der Waals surface area contributed by atoms with E-state index in [0.29, 0.717) is 11.6 Å². The van der Waals surface area contributed by atoms with E-state index in [2.05, 4.69) is 5.16 Å². The van der Waals surface area contributed by atoms with Gasteiger partial charge in [-0.15, -0.1) is 0 Å². The number of aliphatic hydroxyl groups is 1. The monoisotopic (exact) mass is 139 g/mol. The van der Waals surface area contributed by atoms with E-state index < -0.39 is 0 Å². The number of aromatic nitrogens is 1. The molecule has 0 bridgehead atoms. The first-order valence-corrected chi connectivity index (χ1v) is 3.46. The fraction of sp³-hybridized carbons (Fsp3) is 0.571. The summed E-state index contributed by atoms with van der Waals surface area (Å²) in [5.74, 6) is 1.52. The van der Waals surface area contributed by atoms with E-state index in [-0.39, 0.29) is 6.61 Å². The lowest BCUT2D eigenvalue weighted by Gasteiger charge is -1.80. The Hall–Kier alpha value is -0.830. The van der Waals surface area contributed by atoms with Crippen molar-refractivity contribution in [3.63, 3.8) is 0 Å². The zero-order valence-electron chi connectivity index (χ0n) is 5.58. The van der Waals surface area contributed by atoms with Gasteiger partial charge in [0.15, 0.2) is 0 Å². The third kappa shape index (κ3) is 0.926. The SMILES string of the molecule is OCc1cc(C2CC2)on1. The fourth-order valence-electron chi connectivity index (χ4n) is 0.963. The van der Waals surface area contributed by atoms with Crippen molar-refractivity contribution in [1.29, 1.82) is 0 Å². The van der Waals surface area contributed by atoms with Crippen LogP contribution in [0.1, 0.15) is 30.2 Å². The van der Waals surface area contributed by atoms with Crippen molar-refractivity contribution >= 4 is 0 Å². The standard InChI is InChI=1S/C7H9NO2/c9-4-6-3-7(10-8-6)5-1-2-5/h3,5,9H,1-2,4H2. The molecule has 1 aromatic heterocycles. The molecule has 54 valence electrons. The molecular formula is C7H9NO2. The number of aliphatic hydroxyl groups excluding tert-OH is 1. The number of rotatable bonds is 2. The van der Waals surface area contributed by atoms with Gasteiger partial charge in [0.1, 0.15) is 11.5 Å². The van der Waals surface area contributed by atoms with Gasteiger partial charge in [-0.3, -0.25) is 0 Å². The Bertz CT molecular complexity index is 227. The van der Waals surface area contributed by atoms with Crippen molar-refractivity contribution in [2.24, 2.45) is 0 Å². The van der Waals surface area contributed by atoms with Gasteiger partial charge in [-0.1, -0.05) is 5.16 Å². The van der Waals surface area contributed by atoms with E-state index in [1.165, 1.54) is 12.8 Å². The molecule has 2 rings (SSSR count). The number of hydrogen-bond donors (Lipinski definition) is 1. The molecule has 0 aromatic carbocycles. The van der Waals surface area contributed by atoms with Crippen molar-refractivity contribution in [3.8, 4) is 0 Å². The first-order chi connectivity index (χ1) is 4.90. The van der Waals surface area contributed by atoms with Crippen molar-refractivity contribution in [1.82, 2.24) is 5.16 Å². The van der Waals surface area contributed by atoms with Crippen LogP contribution in [-0.4, -0.2) is 10.3 Å². The molecule has 1 heterocycles. The minimum Gasteiger partial charge on any atom is -0.390 e. The Morgan fingerprint density at radius 1 is 1.70 bits per heavy atom. The summed E-state index contributed by atoms with van der Waals surface area (Å²) in [5, 5.41) is 12.3. The summed E-state index contributed by atoms with van der Waals surface area (Å²) in [6.45, 7) is -0.0176. The fourth-order valence-corrected chi connectivity index (χ4v) is 0.963. The number of nitrogens with zero attached hydrogens (tertiary/aromatic N) is 1. The summed E-state index contributed by atoms with van der Waals surface area (Å²) in [7, 11) is 0. The summed E-state index contributed by atoms with van der Waals surface area (Å²) in [6, 6.07) is 1.83. The highest BCUT2D eigenvalue weighted by Crippen LogP contribution is 2.40. The van der Waals surface area contributed by atoms with Crippen molar-refractivity contribution < 1.29 is 9.63 Å². The molecule has 1 aliphatic carbocycles. The van der Waals surface area contributed by atoms with Crippen LogP contribution in [0.5, 0.6) is 0 Å². The summed E-state index contributed by atoms with van der Waals surface area (Å²) >= 11 is 0. The molecule has 0 radical (unpaired) electrons. The largest absolute Gasteiger partial charge is 0.390 e. The molecule has 1 N–H and O–H groups in total. The molecule has 0 amide bonds. The first kappa shape index (κ1) is 5.92. The topological polar surface area (TPSA) is 46.3 Å². The molecule has 3 nitrogen and oxygen atoms in total. The molecule has 1 fully saturated rings. The van der Waals surface area contributed by atoms with Gasteiger partial charge in [0.2, 0.25) is 0 Å². The van der Waals surface area contributed by atoms with Gasteiger partial charge in [-0.25, -0.2) is 0 Å². The van der Waals surface area contributed by atoms with E-state index in [1.807, 2.05) is 6.07 Å². The summed E-state index contributed by atoms with van der Waals surface area (Å²) < 4.78 is 4.97. The second-order valence-electron chi connectivity index (χ2n) is 2.65. The smallest absolute Gasteiger partial charge is 0.140 e. The van der Waals surface area contributed by atoms with Crippen LogP contribution < -0.4 is 0 Å². The third-order valence-electron chi connectivity index (χ3n) is 1.72. The van der Waals surface area contributed by atoms with Crippen molar-refractivity contribution in [3.05, 3.63) is 17.5 Å². The highest BCUT2D eigenvalue weighted by molar-refractivity contribution is 5.13. The Kier molecular flexibility index (Phi) is 1.24. The van der Waals surface area contributed by atoms with Crippen LogP contribution in [0.15, 0.2) is 10.6 Å². The third-order valence-corrected chi connectivity index (χ3v) is 1.72. The maximum absolute atomic E-state index is 8.63. The summed E-state index contributed by atoms with van der Waals surface area (Å²) in [4.78, 5) is 0. The lowest BCUT2D eigenvalue weighted by molar-refractivity contribution is 0.265. The molecule has 1 aliphatic rings. The predicted octanol–water partition coefficient (Wildman–Crippen LogP) is 1.04. The van der Waals surface area contributed by atoms with Crippen LogP contribution >= 0.6 is 0 Å². The van der Waals surface area contributed by atoms with E-state index in [4.69, 9.17) is 9.63 Å². The molecule has 0 saturated heterocycles. The van der Waals surface area contributed by atoms with Crippen LogP contribution in [0.25, 0.3) is 0 Å². The maximum atomic E-state index is 8.63. The number of hydrogen-bond acceptors (Lipinski definition) is 3. The van der Waals surface area contributed by atoms with Crippen LogP contribution in [-0.2, 0) is 6.61 Å². The zero-order valence-corrected chi connectivity index (χ0v) is 5.58.